The molecule has 0 unspecified atom stereocenters. The minimum atomic E-state index is 0.910. The van der Waals surface area contributed by atoms with E-state index in [1.54, 1.807) is 0 Å². The largest absolute Gasteiger partial charge is 0.298 e. The summed E-state index contributed by atoms with van der Waals surface area (Å²) in [5.74, 6) is 0. The highest BCUT2D eigenvalue weighted by Crippen LogP contribution is 2.47. The van der Waals surface area contributed by atoms with Crippen molar-refractivity contribution in [3.8, 4) is 44.6 Å². The second kappa shape index (κ2) is 12.5. The van der Waals surface area contributed by atoms with Crippen molar-refractivity contribution in [1.82, 2.24) is 14.4 Å². The maximum atomic E-state index is 5.31. The van der Waals surface area contributed by atoms with Crippen LogP contribution in [0.4, 0.5) is 0 Å². The quantitative estimate of drug-likeness (QED) is 0.169. The Kier molecular flexibility index (Phi) is 6.93. The summed E-state index contributed by atoms with van der Waals surface area (Å²) in [6.45, 7) is 0. The fourth-order valence-corrected chi connectivity index (χ4v) is 9.23. The smallest absolute Gasteiger partial charge is 0.137 e. The number of para-hydroxylation sites is 1. The highest BCUT2D eigenvalue weighted by atomic mass is 15.0. The van der Waals surface area contributed by atoms with Gasteiger partial charge in [0.1, 0.15) is 11.2 Å². The van der Waals surface area contributed by atoms with E-state index in [2.05, 4.69) is 199 Å². The molecule has 0 spiro atoms. The summed E-state index contributed by atoms with van der Waals surface area (Å²) in [5.41, 5.74) is 13.1. The van der Waals surface area contributed by atoms with E-state index in [0.29, 0.717) is 0 Å². The van der Waals surface area contributed by atoms with Crippen molar-refractivity contribution in [3.05, 3.63) is 200 Å². The first kappa shape index (κ1) is 31.7. The molecule has 0 aliphatic carbocycles. The van der Waals surface area contributed by atoms with Crippen molar-refractivity contribution in [2.75, 3.05) is 0 Å². The molecule has 3 aromatic heterocycles. The Morgan fingerprint density at radius 1 is 0.351 bits per heavy atom. The van der Waals surface area contributed by atoms with Gasteiger partial charge in [0.25, 0.3) is 0 Å². The van der Waals surface area contributed by atoms with E-state index in [0.717, 1.165) is 50.0 Å². The zero-order valence-corrected chi connectivity index (χ0v) is 30.9. The lowest BCUT2D eigenvalue weighted by atomic mass is 9.83. The van der Waals surface area contributed by atoms with E-state index >= 15 is 0 Å². The van der Waals surface area contributed by atoms with Crippen molar-refractivity contribution >= 4 is 70.7 Å². The number of hydrogen-bond donors (Lipinski definition) is 0. The summed E-state index contributed by atoms with van der Waals surface area (Å²) in [5, 5.41) is 11.0. The second-order valence-electron chi connectivity index (χ2n) is 14.9. The first-order valence-electron chi connectivity index (χ1n) is 19.5. The van der Waals surface area contributed by atoms with Crippen LogP contribution < -0.4 is 0 Å². The van der Waals surface area contributed by atoms with Crippen LogP contribution in [-0.2, 0) is 0 Å². The summed E-state index contributed by atoms with van der Waals surface area (Å²) in [6, 6.07) is 70.3. The molecule has 0 amide bonds. The Labute approximate surface area is 328 Å². The monoisotopic (exact) mass is 723 g/mol. The first-order valence-corrected chi connectivity index (χ1v) is 19.5. The van der Waals surface area contributed by atoms with Crippen molar-refractivity contribution in [1.29, 1.82) is 0 Å². The Bertz CT molecular complexity index is 3580. The summed E-state index contributed by atoms with van der Waals surface area (Å²) in [4.78, 5) is 10.4. The molecular weight excluding hydrogens is 691 g/mol. The zero-order valence-electron chi connectivity index (χ0n) is 30.9. The third kappa shape index (κ3) is 4.86. The zero-order chi connectivity index (χ0) is 37.5. The van der Waals surface area contributed by atoms with Crippen LogP contribution in [0.1, 0.15) is 0 Å². The van der Waals surface area contributed by atoms with Gasteiger partial charge in [-0.2, -0.15) is 0 Å². The van der Waals surface area contributed by atoms with Crippen LogP contribution in [0.2, 0.25) is 0 Å². The maximum Gasteiger partial charge on any atom is 0.137 e. The molecule has 264 valence electrons. The summed E-state index contributed by atoms with van der Waals surface area (Å²) >= 11 is 0. The number of aromatic nitrogens is 3. The molecule has 12 aromatic rings. The van der Waals surface area contributed by atoms with Gasteiger partial charge in [0.15, 0.2) is 0 Å². The Morgan fingerprint density at radius 2 is 0.895 bits per heavy atom. The number of nitrogens with zero attached hydrogens (tertiary/aromatic N) is 3. The van der Waals surface area contributed by atoms with Crippen LogP contribution in [0.15, 0.2) is 200 Å². The van der Waals surface area contributed by atoms with Crippen molar-refractivity contribution in [3.63, 3.8) is 0 Å². The highest BCUT2D eigenvalue weighted by molar-refractivity contribution is 6.25. The van der Waals surface area contributed by atoms with Crippen LogP contribution in [0.25, 0.3) is 115 Å². The third-order valence-electron chi connectivity index (χ3n) is 11.8. The van der Waals surface area contributed by atoms with Gasteiger partial charge in [-0.3, -0.25) is 4.40 Å². The Balaban J connectivity index is 1.15. The molecule has 0 atom stereocenters. The summed E-state index contributed by atoms with van der Waals surface area (Å²) < 4.78 is 2.17. The van der Waals surface area contributed by atoms with E-state index in [9.17, 15) is 0 Å². The normalized spacial score (nSPS) is 11.9. The third-order valence-corrected chi connectivity index (χ3v) is 11.8. The first-order chi connectivity index (χ1) is 28.3. The lowest BCUT2D eigenvalue weighted by Crippen LogP contribution is -1.94. The fourth-order valence-electron chi connectivity index (χ4n) is 9.23. The predicted molar refractivity (Wildman–Crippen MR) is 240 cm³/mol. The van der Waals surface area contributed by atoms with E-state index in [4.69, 9.17) is 9.97 Å². The average Bonchev–Trinajstić information content (AvgIpc) is 3.68. The lowest BCUT2D eigenvalue weighted by molar-refractivity contribution is 1.22. The molecule has 0 saturated heterocycles. The van der Waals surface area contributed by atoms with Gasteiger partial charge >= 0.3 is 0 Å². The van der Waals surface area contributed by atoms with E-state index < -0.39 is 0 Å². The minimum Gasteiger partial charge on any atom is -0.298 e. The van der Waals surface area contributed by atoms with Gasteiger partial charge in [-0.15, -0.1) is 0 Å². The minimum absolute atomic E-state index is 0.910. The number of imidazole rings is 1. The van der Waals surface area contributed by atoms with Crippen LogP contribution in [0.5, 0.6) is 0 Å². The molecule has 3 heteroatoms. The predicted octanol–water partition coefficient (Wildman–Crippen LogP) is 14.3. The van der Waals surface area contributed by atoms with Gasteiger partial charge in [0.05, 0.1) is 16.7 Å². The molecule has 57 heavy (non-hydrogen) atoms. The van der Waals surface area contributed by atoms with Gasteiger partial charge in [0, 0.05) is 17.1 Å². The molecular formula is C54H33N3. The van der Waals surface area contributed by atoms with Gasteiger partial charge in [-0.05, 0) is 107 Å². The fraction of sp³-hybridized carbons (Fsp3) is 0. The molecule has 0 aliphatic heterocycles. The number of pyridine rings is 2. The molecule has 0 bridgehead atoms. The Morgan fingerprint density at radius 3 is 1.63 bits per heavy atom. The van der Waals surface area contributed by atoms with Gasteiger partial charge in [-0.1, -0.05) is 164 Å². The molecule has 0 N–H and O–H groups in total. The number of fused-ring (bicyclic) bond motifs is 9. The van der Waals surface area contributed by atoms with Crippen LogP contribution in [-0.4, -0.2) is 14.4 Å². The van der Waals surface area contributed by atoms with Crippen molar-refractivity contribution in [2.45, 2.75) is 0 Å². The van der Waals surface area contributed by atoms with Crippen molar-refractivity contribution in [2.24, 2.45) is 0 Å². The molecule has 0 radical (unpaired) electrons. The summed E-state index contributed by atoms with van der Waals surface area (Å²) in [6.07, 6.45) is 2.09. The standard InChI is InChI=1S/C54H33N3/c1-3-20-39-34(14-1)16-12-25-41(39)50-43-22-5-6-23-44(43)51(42-26-13-17-35-15-2-4-21-40(35)42)47-33-37(29-30-45(47)50)36-18-11-19-38(32-36)52-54-53(46-24-7-8-27-48(46)55-52)56-49-28-9-10-31-57(49)54/h1-33H. The van der Waals surface area contributed by atoms with Crippen LogP contribution in [0, 0.1) is 0 Å². The molecule has 0 aliphatic rings. The Hall–Kier alpha value is -7.62. The topological polar surface area (TPSA) is 30.2 Å². The highest BCUT2D eigenvalue weighted by Gasteiger charge is 2.21. The molecule has 12 rings (SSSR count). The van der Waals surface area contributed by atoms with E-state index in [1.165, 1.54) is 65.3 Å². The van der Waals surface area contributed by atoms with Gasteiger partial charge in [0.2, 0.25) is 0 Å². The molecule has 9 aromatic carbocycles. The molecule has 3 heterocycles. The van der Waals surface area contributed by atoms with Crippen molar-refractivity contribution < 1.29 is 0 Å². The number of hydrogen-bond acceptors (Lipinski definition) is 2. The second-order valence-corrected chi connectivity index (χ2v) is 14.9. The molecule has 0 fully saturated rings. The SMILES string of the molecule is c1cc(-c2ccc3c(-c4cccc5ccccc45)c4ccccc4c(-c4cccc5ccccc45)c3c2)cc(-c2nc3ccccc3c3nc4ccccn4c23)c1. The van der Waals surface area contributed by atoms with Crippen LogP contribution >= 0.6 is 0 Å². The maximum absolute atomic E-state index is 5.31. The lowest BCUT2D eigenvalue weighted by Gasteiger charge is -2.20. The van der Waals surface area contributed by atoms with E-state index in [1.807, 2.05) is 6.07 Å². The number of rotatable bonds is 4. The molecule has 0 saturated carbocycles. The van der Waals surface area contributed by atoms with Crippen LogP contribution in [0.3, 0.4) is 0 Å². The molecule has 3 nitrogen and oxygen atoms in total. The van der Waals surface area contributed by atoms with Gasteiger partial charge in [-0.25, -0.2) is 9.97 Å². The number of benzene rings is 9. The summed E-state index contributed by atoms with van der Waals surface area (Å²) in [7, 11) is 0. The van der Waals surface area contributed by atoms with Gasteiger partial charge < -0.3 is 0 Å². The van der Waals surface area contributed by atoms with E-state index in [-0.39, 0.29) is 0 Å². The average molecular weight is 724 g/mol.